The summed E-state index contributed by atoms with van der Waals surface area (Å²) in [5.74, 6) is 0. The zero-order valence-electron chi connectivity index (χ0n) is 10.7. The predicted molar refractivity (Wildman–Crippen MR) is 75.5 cm³/mol. The Hall–Kier alpha value is -1.37. The highest BCUT2D eigenvalue weighted by molar-refractivity contribution is 6.09. The van der Waals surface area contributed by atoms with E-state index >= 15 is 0 Å². The van der Waals surface area contributed by atoms with Crippen LogP contribution in [-0.2, 0) is 0 Å². The molecule has 2 rings (SSSR count). The minimum atomic E-state index is 0.886. The largest absolute Gasteiger partial charge is 0.281 e. The number of aliphatic imine (C=N–C) groups is 1. The van der Waals surface area contributed by atoms with Crippen molar-refractivity contribution < 1.29 is 0 Å². The van der Waals surface area contributed by atoms with Gasteiger partial charge in [-0.1, -0.05) is 30.4 Å². The van der Waals surface area contributed by atoms with Crippen molar-refractivity contribution in [2.45, 2.75) is 39.0 Å². The van der Waals surface area contributed by atoms with Crippen molar-refractivity contribution in [2.75, 3.05) is 6.54 Å². The van der Waals surface area contributed by atoms with E-state index in [9.17, 15) is 0 Å². The molecule has 1 aliphatic carbocycles. The van der Waals surface area contributed by atoms with Crippen molar-refractivity contribution in [3.8, 4) is 0 Å². The van der Waals surface area contributed by atoms with Crippen LogP contribution in [0, 0.1) is 0 Å². The van der Waals surface area contributed by atoms with Gasteiger partial charge in [0.15, 0.2) is 0 Å². The summed E-state index contributed by atoms with van der Waals surface area (Å²) in [5.41, 5.74) is 5.15. The van der Waals surface area contributed by atoms with Crippen molar-refractivity contribution >= 4 is 5.71 Å². The normalized spacial score (nSPS) is 18.8. The molecular formula is C16H21N. The van der Waals surface area contributed by atoms with Crippen LogP contribution in [-0.4, -0.2) is 12.3 Å². The average molecular weight is 227 g/mol. The lowest BCUT2D eigenvalue weighted by Crippen LogP contribution is -1.90. The molecule has 0 aromatic carbocycles. The second-order valence-corrected chi connectivity index (χ2v) is 4.90. The van der Waals surface area contributed by atoms with Gasteiger partial charge in [0.05, 0.1) is 12.3 Å². The Kier molecular flexibility index (Phi) is 4.13. The van der Waals surface area contributed by atoms with Gasteiger partial charge in [0.1, 0.15) is 0 Å². The third-order valence-corrected chi connectivity index (χ3v) is 3.27. The highest BCUT2D eigenvalue weighted by Crippen LogP contribution is 2.20. The summed E-state index contributed by atoms with van der Waals surface area (Å²) in [5, 5.41) is 0. The van der Waals surface area contributed by atoms with Gasteiger partial charge in [-0.3, -0.25) is 4.99 Å². The van der Waals surface area contributed by atoms with Gasteiger partial charge in [-0.05, 0) is 56.3 Å². The Balaban J connectivity index is 1.74. The van der Waals surface area contributed by atoms with Gasteiger partial charge >= 0.3 is 0 Å². The molecule has 1 nitrogen and oxygen atoms in total. The van der Waals surface area contributed by atoms with Crippen molar-refractivity contribution in [3.05, 3.63) is 47.6 Å². The molecule has 17 heavy (non-hydrogen) atoms. The van der Waals surface area contributed by atoms with Crippen LogP contribution in [0.4, 0.5) is 0 Å². The van der Waals surface area contributed by atoms with E-state index < -0.39 is 0 Å². The molecule has 1 heterocycles. The maximum absolute atomic E-state index is 4.48. The van der Waals surface area contributed by atoms with Gasteiger partial charge in [-0.25, -0.2) is 0 Å². The fourth-order valence-corrected chi connectivity index (χ4v) is 2.25. The van der Waals surface area contributed by atoms with Crippen molar-refractivity contribution in [2.24, 2.45) is 4.99 Å². The average Bonchev–Trinajstić information content (AvgIpc) is 2.79. The first-order chi connectivity index (χ1) is 8.25. The van der Waals surface area contributed by atoms with Gasteiger partial charge in [0.25, 0.3) is 0 Å². The SMILES string of the molecule is C=C(C)C1=NCC(CCCC2=CCCC=C2)=C1. The van der Waals surface area contributed by atoms with E-state index in [1.807, 2.05) is 6.92 Å². The van der Waals surface area contributed by atoms with Crippen LogP contribution in [0.2, 0.25) is 0 Å². The highest BCUT2D eigenvalue weighted by Gasteiger charge is 2.08. The molecule has 1 heteroatoms. The third kappa shape index (κ3) is 3.55. The van der Waals surface area contributed by atoms with E-state index in [0.29, 0.717) is 0 Å². The lowest BCUT2D eigenvalue weighted by molar-refractivity contribution is 0.795. The van der Waals surface area contributed by atoms with E-state index in [0.717, 1.165) is 17.8 Å². The van der Waals surface area contributed by atoms with Gasteiger partial charge in [-0.2, -0.15) is 0 Å². The molecule has 1 aliphatic heterocycles. The third-order valence-electron chi connectivity index (χ3n) is 3.27. The van der Waals surface area contributed by atoms with E-state index in [4.69, 9.17) is 0 Å². The van der Waals surface area contributed by atoms with Crippen LogP contribution in [0.3, 0.4) is 0 Å². The molecule has 0 unspecified atom stereocenters. The van der Waals surface area contributed by atoms with Crippen LogP contribution < -0.4 is 0 Å². The van der Waals surface area contributed by atoms with Gasteiger partial charge in [0.2, 0.25) is 0 Å². The molecule has 2 aliphatic rings. The summed E-state index contributed by atoms with van der Waals surface area (Å²) in [6.07, 6.45) is 15.2. The Bertz CT molecular complexity index is 419. The van der Waals surface area contributed by atoms with Crippen molar-refractivity contribution in [1.82, 2.24) is 0 Å². The lowest BCUT2D eigenvalue weighted by atomic mass is 9.99. The second-order valence-electron chi connectivity index (χ2n) is 4.90. The molecule has 0 saturated heterocycles. The number of allylic oxidation sites excluding steroid dienone is 6. The van der Waals surface area contributed by atoms with E-state index in [1.54, 1.807) is 0 Å². The Morgan fingerprint density at radius 1 is 1.35 bits per heavy atom. The molecule has 0 amide bonds. The number of hydrogen-bond donors (Lipinski definition) is 0. The summed E-state index contributed by atoms with van der Waals surface area (Å²) in [6.45, 7) is 6.84. The van der Waals surface area contributed by atoms with Gasteiger partial charge in [0, 0.05) is 0 Å². The molecule has 0 radical (unpaired) electrons. The maximum Gasteiger partial charge on any atom is 0.0610 e. The van der Waals surface area contributed by atoms with Crippen LogP contribution in [0.5, 0.6) is 0 Å². The first-order valence-corrected chi connectivity index (χ1v) is 6.51. The van der Waals surface area contributed by atoms with E-state index in [1.165, 1.54) is 43.3 Å². The molecule has 0 atom stereocenters. The molecule has 0 spiro atoms. The topological polar surface area (TPSA) is 12.4 Å². The summed E-state index contributed by atoms with van der Waals surface area (Å²) >= 11 is 0. The summed E-state index contributed by atoms with van der Waals surface area (Å²) in [7, 11) is 0. The Labute approximate surface area is 104 Å². The van der Waals surface area contributed by atoms with Crippen molar-refractivity contribution in [3.63, 3.8) is 0 Å². The maximum atomic E-state index is 4.48. The smallest absolute Gasteiger partial charge is 0.0610 e. The fourth-order valence-electron chi connectivity index (χ4n) is 2.25. The standard InChI is InChI=1S/C16H21N/c1-13(2)16-11-15(12-17-16)10-6-9-14-7-4-3-5-8-14/h4,7-8,11H,1,3,5-6,9-10,12H2,2H3. The predicted octanol–water partition coefficient (Wildman–Crippen LogP) is 4.39. The summed E-state index contributed by atoms with van der Waals surface area (Å²) < 4.78 is 0. The van der Waals surface area contributed by atoms with Crippen LogP contribution >= 0.6 is 0 Å². The minimum absolute atomic E-state index is 0.886. The van der Waals surface area contributed by atoms with Crippen LogP contribution in [0.1, 0.15) is 39.0 Å². The second kappa shape index (κ2) is 5.81. The van der Waals surface area contributed by atoms with E-state index in [2.05, 4.69) is 35.9 Å². The molecule has 0 bridgehead atoms. The number of nitrogens with zero attached hydrogens (tertiary/aromatic N) is 1. The zero-order valence-corrected chi connectivity index (χ0v) is 10.7. The number of rotatable bonds is 5. The molecule has 0 saturated carbocycles. The summed E-state index contributed by atoms with van der Waals surface area (Å²) in [6, 6.07) is 0. The highest BCUT2D eigenvalue weighted by atomic mass is 14.8. The number of hydrogen-bond acceptors (Lipinski definition) is 1. The first-order valence-electron chi connectivity index (χ1n) is 6.51. The Morgan fingerprint density at radius 3 is 2.88 bits per heavy atom. The monoisotopic (exact) mass is 227 g/mol. The fraction of sp³-hybridized carbons (Fsp3) is 0.438. The first kappa shape index (κ1) is 12.1. The zero-order chi connectivity index (χ0) is 12.1. The quantitative estimate of drug-likeness (QED) is 0.660. The minimum Gasteiger partial charge on any atom is -0.281 e. The molecule has 90 valence electrons. The Morgan fingerprint density at radius 2 is 2.24 bits per heavy atom. The van der Waals surface area contributed by atoms with Gasteiger partial charge < -0.3 is 0 Å². The van der Waals surface area contributed by atoms with Gasteiger partial charge in [-0.15, -0.1) is 0 Å². The molecule has 0 fully saturated rings. The molecule has 0 aromatic heterocycles. The summed E-state index contributed by atoms with van der Waals surface area (Å²) in [4.78, 5) is 4.48. The van der Waals surface area contributed by atoms with Crippen molar-refractivity contribution in [1.29, 1.82) is 0 Å². The molecule has 0 aromatic rings. The molecule has 0 N–H and O–H groups in total. The van der Waals surface area contributed by atoms with E-state index in [-0.39, 0.29) is 0 Å². The molecular weight excluding hydrogens is 206 g/mol. The van der Waals surface area contributed by atoms with Crippen LogP contribution in [0.25, 0.3) is 0 Å². The lowest BCUT2D eigenvalue weighted by Gasteiger charge is -2.06. The van der Waals surface area contributed by atoms with Crippen LogP contribution in [0.15, 0.2) is 52.6 Å².